The molecule has 9 nitrogen and oxygen atoms in total. The predicted molar refractivity (Wildman–Crippen MR) is 203 cm³/mol. The lowest BCUT2D eigenvalue weighted by atomic mass is 9.89. The standard InChI is InChI=1S/C41H70N4O5/c1-9-13-17-19-21-25-34(24-16-12-4)39(46)49-31-35-29-37(26-27-38(35)45(47)48)50-41(7,8)32-40(5,6)44-30-36(42-43-44)28-33(22-15-11-3)23-20-18-14-10-2/h26-27,29-30,33-34H,9-25,28,31-32H2,1-8H3. The Kier molecular flexibility index (Phi) is 19.7. The van der Waals surface area contributed by atoms with E-state index < -0.39 is 16.1 Å². The van der Waals surface area contributed by atoms with Gasteiger partial charge in [0.2, 0.25) is 0 Å². The zero-order valence-electron chi connectivity index (χ0n) is 32.9. The Morgan fingerprint density at radius 3 is 2.08 bits per heavy atom. The number of nitro benzene ring substituents is 1. The third-order valence-electron chi connectivity index (χ3n) is 9.86. The predicted octanol–water partition coefficient (Wildman–Crippen LogP) is 11.7. The number of unbranched alkanes of at least 4 members (excludes halogenated alkanes) is 9. The van der Waals surface area contributed by atoms with Crippen molar-refractivity contribution in [1.82, 2.24) is 15.0 Å². The van der Waals surface area contributed by atoms with Gasteiger partial charge in [-0.2, -0.15) is 0 Å². The van der Waals surface area contributed by atoms with Gasteiger partial charge in [-0.3, -0.25) is 14.9 Å². The van der Waals surface area contributed by atoms with E-state index in [2.05, 4.69) is 58.1 Å². The lowest BCUT2D eigenvalue weighted by Gasteiger charge is -2.35. The Labute approximate surface area is 303 Å². The van der Waals surface area contributed by atoms with Crippen molar-refractivity contribution < 1.29 is 19.2 Å². The summed E-state index contributed by atoms with van der Waals surface area (Å²) < 4.78 is 14.2. The molecule has 2 rings (SSSR count). The molecule has 1 aromatic carbocycles. The van der Waals surface area contributed by atoms with Crippen molar-refractivity contribution in [3.63, 3.8) is 0 Å². The van der Waals surface area contributed by atoms with Crippen molar-refractivity contribution in [3.8, 4) is 5.75 Å². The quantitative estimate of drug-likeness (QED) is 0.0376. The van der Waals surface area contributed by atoms with E-state index in [0.29, 0.717) is 23.7 Å². The van der Waals surface area contributed by atoms with E-state index in [0.717, 1.165) is 50.6 Å². The topological polar surface area (TPSA) is 109 Å². The fourth-order valence-corrected chi connectivity index (χ4v) is 7.17. The van der Waals surface area contributed by atoms with Crippen LogP contribution in [-0.2, 0) is 28.1 Å². The maximum absolute atomic E-state index is 13.2. The molecule has 1 heterocycles. The Morgan fingerprint density at radius 2 is 1.42 bits per heavy atom. The second-order valence-electron chi connectivity index (χ2n) is 15.8. The molecule has 0 amide bonds. The van der Waals surface area contributed by atoms with Gasteiger partial charge in [-0.1, -0.05) is 129 Å². The molecule has 50 heavy (non-hydrogen) atoms. The Bertz CT molecular complexity index is 1260. The van der Waals surface area contributed by atoms with Crippen molar-refractivity contribution in [2.24, 2.45) is 11.8 Å². The molecule has 0 aliphatic rings. The van der Waals surface area contributed by atoms with Crippen LogP contribution in [0.3, 0.4) is 0 Å². The van der Waals surface area contributed by atoms with Gasteiger partial charge >= 0.3 is 5.97 Å². The van der Waals surface area contributed by atoms with Crippen LogP contribution in [0, 0.1) is 22.0 Å². The first-order chi connectivity index (χ1) is 23.9. The van der Waals surface area contributed by atoms with Gasteiger partial charge in [0, 0.05) is 18.7 Å². The average Bonchev–Trinajstić information content (AvgIpc) is 3.54. The zero-order valence-corrected chi connectivity index (χ0v) is 32.9. The number of esters is 1. The highest BCUT2D eigenvalue weighted by Crippen LogP contribution is 2.33. The highest BCUT2D eigenvalue weighted by atomic mass is 16.6. The first-order valence-electron chi connectivity index (χ1n) is 19.9. The van der Waals surface area contributed by atoms with Gasteiger partial charge in [-0.15, -0.1) is 5.10 Å². The fourth-order valence-electron chi connectivity index (χ4n) is 7.17. The van der Waals surface area contributed by atoms with Crippen LogP contribution in [0.5, 0.6) is 5.75 Å². The van der Waals surface area contributed by atoms with Gasteiger partial charge in [0.05, 0.1) is 27.6 Å². The van der Waals surface area contributed by atoms with Crippen molar-refractivity contribution >= 4 is 11.7 Å². The van der Waals surface area contributed by atoms with Gasteiger partial charge in [-0.25, -0.2) is 4.68 Å². The molecule has 2 aromatic rings. The molecule has 2 unspecified atom stereocenters. The minimum atomic E-state index is -0.633. The summed E-state index contributed by atoms with van der Waals surface area (Å²) >= 11 is 0. The lowest BCUT2D eigenvalue weighted by Crippen LogP contribution is -2.40. The molecule has 0 aliphatic heterocycles. The largest absolute Gasteiger partial charge is 0.488 e. The third kappa shape index (κ3) is 15.9. The number of nitrogens with zero attached hydrogens (tertiary/aromatic N) is 4. The number of nitro groups is 1. The molecule has 0 aliphatic carbocycles. The van der Waals surface area contributed by atoms with Gasteiger partial charge < -0.3 is 9.47 Å². The molecular formula is C41H70N4O5. The summed E-state index contributed by atoms with van der Waals surface area (Å²) in [7, 11) is 0. The van der Waals surface area contributed by atoms with E-state index in [4.69, 9.17) is 9.47 Å². The van der Waals surface area contributed by atoms with E-state index in [-0.39, 0.29) is 24.2 Å². The number of ether oxygens (including phenoxy) is 2. The molecule has 0 spiro atoms. The van der Waals surface area contributed by atoms with E-state index in [1.807, 2.05) is 18.5 Å². The maximum atomic E-state index is 13.2. The van der Waals surface area contributed by atoms with E-state index >= 15 is 0 Å². The fraction of sp³-hybridized carbons (Fsp3) is 0.780. The first kappa shape index (κ1) is 43.2. The van der Waals surface area contributed by atoms with Gasteiger partial charge in [0.15, 0.2) is 0 Å². The number of rotatable bonds is 28. The van der Waals surface area contributed by atoms with Crippen LogP contribution in [-0.4, -0.2) is 31.5 Å². The van der Waals surface area contributed by atoms with Crippen molar-refractivity contribution in [1.29, 1.82) is 0 Å². The van der Waals surface area contributed by atoms with Crippen LogP contribution in [0.1, 0.15) is 182 Å². The lowest BCUT2D eigenvalue weighted by molar-refractivity contribution is -0.385. The molecule has 0 fully saturated rings. The summed E-state index contributed by atoms with van der Waals surface area (Å²) in [5, 5.41) is 21.1. The molecule has 0 saturated heterocycles. The van der Waals surface area contributed by atoms with Crippen molar-refractivity contribution in [2.75, 3.05) is 0 Å². The monoisotopic (exact) mass is 699 g/mol. The van der Waals surface area contributed by atoms with E-state index in [9.17, 15) is 14.9 Å². The summed E-state index contributed by atoms with van der Waals surface area (Å²) in [6.45, 7) is 17.0. The van der Waals surface area contributed by atoms with Crippen molar-refractivity contribution in [2.45, 2.75) is 195 Å². The minimum Gasteiger partial charge on any atom is -0.488 e. The molecule has 0 bridgehead atoms. The Balaban J connectivity index is 2.10. The van der Waals surface area contributed by atoms with Crippen molar-refractivity contribution in [3.05, 3.63) is 45.8 Å². The summed E-state index contributed by atoms with van der Waals surface area (Å²) in [6.07, 6.45) is 22.9. The van der Waals surface area contributed by atoms with E-state index in [1.54, 1.807) is 12.1 Å². The molecule has 284 valence electrons. The summed E-state index contributed by atoms with van der Waals surface area (Å²) in [5.41, 5.74) is 0.271. The second kappa shape index (κ2) is 22.8. The molecular weight excluding hydrogens is 628 g/mol. The van der Waals surface area contributed by atoms with Crippen LogP contribution < -0.4 is 4.74 Å². The maximum Gasteiger partial charge on any atom is 0.309 e. The third-order valence-corrected chi connectivity index (χ3v) is 9.86. The first-order valence-corrected chi connectivity index (χ1v) is 19.9. The minimum absolute atomic E-state index is 0.0780. The normalized spacial score (nSPS) is 13.3. The molecule has 2 atom stereocenters. The molecule has 0 radical (unpaired) electrons. The summed E-state index contributed by atoms with van der Waals surface area (Å²) in [6, 6.07) is 4.72. The average molecular weight is 699 g/mol. The van der Waals surface area contributed by atoms with Crippen LogP contribution in [0.25, 0.3) is 0 Å². The molecule has 0 saturated carbocycles. The van der Waals surface area contributed by atoms with Gasteiger partial charge in [0.25, 0.3) is 5.69 Å². The number of benzene rings is 1. The number of carbonyl (C=O) groups excluding carboxylic acids is 1. The molecule has 1 aromatic heterocycles. The molecule has 9 heteroatoms. The van der Waals surface area contributed by atoms with Gasteiger partial charge in [-0.05, 0) is 65.0 Å². The number of aromatic nitrogens is 3. The molecule has 0 N–H and O–H groups in total. The van der Waals surface area contributed by atoms with Crippen LogP contribution in [0.2, 0.25) is 0 Å². The van der Waals surface area contributed by atoms with Crippen LogP contribution >= 0.6 is 0 Å². The number of carbonyl (C=O) groups is 1. The smallest absolute Gasteiger partial charge is 0.309 e. The van der Waals surface area contributed by atoms with E-state index in [1.165, 1.54) is 76.7 Å². The summed E-state index contributed by atoms with van der Waals surface area (Å²) in [5.74, 6) is 0.689. The Hall–Kier alpha value is -2.97. The highest BCUT2D eigenvalue weighted by molar-refractivity contribution is 5.72. The van der Waals surface area contributed by atoms with Crippen LogP contribution in [0.15, 0.2) is 24.4 Å². The number of hydrogen-bond donors (Lipinski definition) is 0. The Morgan fingerprint density at radius 1 is 0.840 bits per heavy atom. The SMILES string of the molecule is CCCCCCCC(CCCC)C(=O)OCc1cc(OC(C)(C)CC(C)(C)n2cc(CC(CCCC)CCCCCC)nn2)ccc1[N+](=O)[O-]. The second-order valence-corrected chi connectivity index (χ2v) is 15.8. The highest BCUT2D eigenvalue weighted by Gasteiger charge is 2.34. The summed E-state index contributed by atoms with van der Waals surface area (Å²) in [4.78, 5) is 24.7. The van der Waals surface area contributed by atoms with Crippen LogP contribution in [0.4, 0.5) is 5.69 Å². The number of hydrogen-bond acceptors (Lipinski definition) is 7. The zero-order chi connectivity index (χ0) is 37.0. The van der Waals surface area contributed by atoms with Gasteiger partial charge in [0.1, 0.15) is 18.0 Å².